The summed E-state index contributed by atoms with van der Waals surface area (Å²) in [5.41, 5.74) is 6.93. The smallest absolute Gasteiger partial charge is 0.257 e. The molecular weight excluding hydrogens is 240 g/mol. The van der Waals surface area contributed by atoms with Crippen LogP contribution in [0.3, 0.4) is 0 Å². The Balaban J connectivity index is 2.31. The number of amides is 1. The molecule has 0 spiro atoms. The van der Waals surface area contributed by atoms with Gasteiger partial charge >= 0.3 is 0 Å². The lowest BCUT2D eigenvalue weighted by Gasteiger charge is -2.38. The van der Waals surface area contributed by atoms with Gasteiger partial charge in [0, 0.05) is 12.6 Å². The van der Waals surface area contributed by atoms with E-state index in [1.165, 1.54) is 6.42 Å². The Bertz CT molecular complexity index is 473. The minimum Gasteiger partial charge on any atom is -0.494 e. The van der Waals surface area contributed by atoms with Crippen LogP contribution in [0.25, 0.3) is 0 Å². The van der Waals surface area contributed by atoms with E-state index in [9.17, 15) is 4.79 Å². The van der Waals surface area contributed by atoms with Crippen molar-refractivity contribution in [2.75, 3.05) is 19.4 Å². The Morgan fingerprint density at radius 2 is 2.16 bits per heavy atom. The van der Waals surface area contributed by atoms with E-state index in [2.05, 4.69) is 13.8 Å². The molecule has 4 heteroatoms. The zero-order valence-corrected chi connectivity index (χ0v) is 11.8. The van der Waals surface area contributed by atoms with Crippen LogP contribution in [-0.4, -0.2) is 30.5 Å². The minimum atomic E-state index is 0.0169. The van der Waals surface area contributed by atoms with E-state index in [1.807, 2.05) is 4.90 Å². The van der Waals surface area contributed by atoms with Crippen molar-refractivity contribution in [3.05, 3.63) is 23.8 Å². The third kappa shape index (κ3) is 2.53. The molecule has 1 aromatic carbocycles. The molecule has 4 nitrogen and oxygen atoms in total. The summed E-state index contributed by atoms with van der Waals surface area (Å²) in [6.07, 6.45) is 2.24. The number of hydrogen-bond donors (Lipinski definition) is 1. The van der Waals surface area contributed by atoms with Crippen LogP contribution in [0, 0.1) is 5.92 Å². The van der Waals surface area contributed by atoms with Crippen molar-refractivity contribution in [3.8, 4) is 5.75 Å². The average molecular weight is 262 g/mol. The number of carbonyl (C=O) groups excluding carboxylic acids is 1. The molecule has 104 valence electrons. The van der Waals surface area contributed by atoms with E-state index in [-0.39, 0.29) is 11.9 Å². The highest BCUT2D eigenvalue weighted by molar-refractivity contribution is 5.98. The van der Waals surface area contributed by atoms with Crippen molar-refractivity contribution in [1.29, 1.82) is 0 Å². The summed E-state index contributed by atoms with van der Waals surface area (Å²) in [7, 11) is 1.55. The van der Waals surface area contributed by atoms with E-state index < -0.39 is 0 Å². The van der Waals surface area contributed by atoms with Gasteiger partial charge in [0.1, 0.15) is 0 Å². The number of piperidine rings is 1. The van der Waals surface area contributed by atoms with Crippen LogP contribution >= 0.6 is 0 Å². The lowest BCUT2D eigenvalue weighted by molar-refractivity contribution is 0.0548. The van der Waals surface area contributed by atoms with Crippen LogP contribution in [-0.2, 0) is 0 Å². The fraction of sp³-hybridized carbons (Fsp3) is 0.533. The number of likely N-dealkylation sites (tertiary alicyclic amines) is 1. The maximum atomic E-state index is 12.7. The number of hydrogen-bond acceptors (Lipinski definition) is 3. The van der Waals surface area contributed by atoms with Gasteiger partial charge in [-0.05, 0) is 37.8 Å². The van der Waals surface area contributed by atoms with Gasteiger partial charge in [0.25, 0.3) is 5.91 Å². The number of para-hydroxylation sites is 1. The second-order valence-electron chi connectivity index (χ2n) is 5.29. The molecule has 1 aliphatic rings. The van der Waals surface area contributed by atoms with Crippen LogP contribution in [0.4, 0.5) is 5.69 Å². The van der Waals surface area contributed by atoms with E-state index in [4.69, 9.17) is 10.5 Å². The van der Waals surface area contributed by atoms with Crippen molar-refractivity contribution < 1.29 is 9.53 Å². The molecule has 1 heterocycles. The van der Waals surface area contributed by atoms with Crippen LogP contribution < -0.4 is 10.5 Å². The number of methoxy groups -OCH3 is 1. The van der Waals surface area contributed by atoms with Gasteiger partial charge in [0.2, 0.25) is 0 Å². The number of anilines is 1. The molecule has 1 saturated heterocycles. The number of nitrogen functional groups attached to an aromatic ring is 1. The van der Waals surface area contributed by atoms with Crippen molar-refractivity contribution in [1.82, 2.24) is 4.90 Å². The summed E-state index contributed by atoms with van der Waals surface area (Å²) in [6.45, 7) is 5.11. The fourth-order valence-electron chi connectivity index (χ4n) is 2.73. The zero-order chi connectivity index (χ0) is 14.0. The molecule has 1 fully saturated rings. The molecule has 0 bridgehead atoms. The number of ether oxygens (including phenoxy) is 1. The molecule has 2 atom stereocenters. The van der Waals surface area contributed by atoms with Crippen LogP contribution in [0.5, 0.6) is 5.75 Å². The van der Waals surface area contributed by atoms with Gasteiger partial charge in [-0.15, -0.1) is 0 Å². The minimum absolute atomic E-state index is 0.0169. The molecule has 1 aliphatic heterocycles. The van der Waals surface area contributed by atoms with Crippen molar-refractivity contribution in [3.63, 3.8) is 0 Å². The molecule has 1 amide bonds. The Morgan fingerprint density at radius 1 is 1.42 bits per heavy atom. The van der Waals surface area contributed by atoms with Crippen molar-refractivity contribution in [2.24, 2.45) is 5.92 Å². The molecular formula is C15H22N2O2. The van der Waals surface area contributed by atoms with E-state index in [1.54, 1.807) is 25.3 Å². The Labute approximate surface area is 114 Å². The molecule has 19 heavy (non-hydrogen) atoms. The number of nitrogens with two attached hydrogens (primary N) is 1. The summed E-state index contributed by atoms with van der Waals surface area (Å²) in [6, 6.07) is 5.58. The first kappa shape index (κ1) is 13.7. The average Bonchev–Trinajstić information content (AvgIpc) is 2.41. The number of nitrogens with zero attached hydrogens (tertiary/aromatic N) is 1. The molecule has 0 aromatic heterocycles. The van der Waals surface area contributed by atoms with Gasteiger partial charge in [-0.2, -0.15) is 0 Å². The van der Waals surface area contributed by atoms with Gasteiger partial charge < -0.3 is 15.4 Å². The third-order valence-corrected chi connectivity index (χ3v) is 4.11. The second-order valence-corrected chi connectivity index (χ2v) is 5.29. The van der Waals surface area contributed by atoms with Crippen LogP contribution in [0.15, 0.2) is 18.2 Å². The van der Waals surface area contributed by atoms with Gasteiger partial charge in [-0.25, -0.2) is 0 Å². The second kappa shape index (κ2) is 5.51. The highest BCUT2D eigenvalue weighted by atomic mass is 16.5. The first-order chi connectivity index (χ1) is 9.06. The van der Waals surface area contributed by atoms with Gasteiger partial charge in [-0.1, -0.05) is 13.0 Å². The molecule has 0 radical (unpaired) electrons. The highest BCUT2D eigenvalue weighted by Crippen LogP contribution is 2.30. The SMILES string of the molecule is COc1c(N)cccc1C(=O)N1CCCC(C)C1C. The van der Waals surface area contributed by atoms with Crippen molar-refractivity contribution >= 4 is 11.6 Å². The predicted octanol–water partition coefficient (Wildman–Crippen LogP) is 2.54. The number of carbonyl (C=O) groups is 1. The largest absolute Gasteiger partial charge is 0.494 e. The third-order valence-electron chi connectivity index (χ3n) is 4.11. The molecule has 2 unspecified atom stereocenters. The van der Waals surface area contributed by atoms with Gasteiger partial charge in [0.05, 0.1) is 18.4 Å². The molecule has 0 aliphatic carbocycles. The first-order valence-corrected chi connectivity index (χ1v) is 6.79. The lowest BCUT2D eigenvalue weighted by Crippen LogP contribution is -2.46. The van der Waals surface area contributed by atoms with Crippen LogP contribution in [0.2, 0.25) is 0 Å². The standard InChI is InChI=1S/C15H22N2O2/c1-10-6-5-9-17(11(10)2)15(18)12-7-4-8-13(16)14(12)19-3/h4,7-8,10-11H,5-6,9,16H2,1-3H3. The summed E-state index contributed by atoms with van der Waals surface area (Å²) in [5, 5.41) is 0. The van der Waals surface area contributed by atoms with Crippen LogP contribution in [0.1, 0.15) is 37.0 Å². The molecule has 2 N–H and O–H groups in total. The molecule has 1 aromatic rings. The van der Waals surface area contributed by atoms with Gasteiger partial charge in [-0.3, -0.25) is 4.79 Å². The number of benzene rings is 1. The maximum absolute atomic E-state index is 12.7. The fourth-order valence-corrected chi connectivity index (χ4v) is 2.73. The van der Waals surface area contributed by atoms with E-state index in [0.29, 0.717) is 22.9 Å². The summed E-state index contributed by atoms with van der Waals surface area (Å²) in [4.78, 5) is 14.6. The Morgan fingerprint density at radius 3 is 2.84 bits per heavy atom. The summed E-state index contributed by atoms with van der Waals surface area (Å²) in [5.74, 6) is 1.03. The van der Waals surface area contributed by atoms with Crippen molar-refractivity contribution in [2.45, 2.75) is 32.7 Å². The normalized spacial score (nSPS) is 23.2. The Hall–Kier alpha value is -1.71. The monoisotopic (exact) mass is 262 g/mol. The summed E-state index contributed by atoms with van der Waals surface area (Å²) >= 11 is 0. The zero-order valence-electron chi connectivity index (χ0n) is 11.8. The first-order valence-electron chi connectivity index (χ1n) is 6.79. The quantitative estimate of drug-likeness (QED) is 0.833. The van der Waals surface area contributed by atoms with E-state index in [0.717, 1.165) is 13.0 Å². The lowest BCUT2D eigenvalue weighted by atomic mass is 9.91. The topological polar surface area (TPSA) is 55.6 Å². The summed E-state index contributed by atoms with van der Waals surface area (Å²) < 4.78 is 5.28. The predicted molar refractivity (Wildman–Crippen MR) is 76.3 cm³/mol. The van der Waals surface area contributed by atoms with Gasteiger partial charge in [0.15, 0.2) is 5.75 Å². The Kier molecular flexibility index (Phi) is 3.98. The molecule has 2 rings (SSSR count). The van der Waals surface area contributed by atoms with E-state index >= 15 is 0 Å². The highest BCUT2D eigenvalue weighted by Gasteiger charge is 2.30. The molecule has 0 saturated carbocycles. The maximum Gasteiger partial charge on any atom is 0.257 e. The number of rotatable bonds is 2.